The fourth-order valence-electron chi connectivity index (χ4n) is 2.35. The van der Waals surface area contributed by atoms with E-state index in [-0.39, 0.29) is 10.7 Å². The molecular formula is C17H20N4O4S. The second kappa shape index (κ2) is 7.20. The predicted octanol–water partition coefficient (Wildman–Crippen LogP) is 2.48. The van der Waals surface area contributed by atoms with Crippen LogP contribution in [-0.4, -0.2) is 30.0 Å². The molecule has 0 spiro atoms. The van der Waals surface area contributed by atoms with Gasteiger partial charge in [0.05, 0.1) is 17.0 Å². The summed E-state index contributed by atoms with van der Waals surface area (Å²) in [5, 5.41) is 0. The number of anilines is 1. The van der Waals surface area contributed by atoms with Crippen LogP contribution in [0.1, 0.15) is 20.3 Å². The lowest BCUT2D eigenvalue weighted by Gasteiger charge is -2.10. The van der Waals surface area contributed by atoms with Gasteiger partial charge in [-0.1, -0.05) is 13.8 Å². The van der Waals surface area contributed by atoms with Gasteiger partial charge in [0.2, 0.25) is 0 Å². The van der Waals surface area contributed by atoms with Gasteiger partial charge in [0.25, 0.3) is 10.0 Å². The molecule has 9 heteroatoms. The van der Waals surface area contributed by atoms with E-state index < -0.39 is 15.7 Å². The summed E-state index contributed by atoms with van der Waals surface area (Å²) in [6, 6.07) is 7.73. The lowest BCUT2D eigenvalue weighted by molar-refractivity contribution is 0.289. The summed E-state index contributed by atoms with van der Waals surface area (Å²) in [5.74, 6) is 1.20. The lowest BCUT2D eigenvalue weighted by Crippen LogP contribution is -2.14. The van der Waals surface area contributed by atoms with Crippen molar-refractivity contribution in [1.82, 2.24) is 15.0 Å². The number of hydrogen-bond acceptors (Lipinski definition) is 5. The smallest absolute Gasteiger partial charge is 0.323 e. The third-order valence-electron chi connectivity index (χ3n) is 3.77. The zero-order valence-corrected chi connectivity index (χ0v) is 15.3. The van der Waals surface area contributed by atoms with E-state index in [4.69, 9.17) is 4.74 Å². The van der Waals surface area contributed by atoms with Gasteiger partial charge in [0.1, 0.15) is 11.3 Å². The summed E-state index contributed by atoms with van der Waals surface area (Å²) in [6.07, 6.45) is 2.34. The highest BCUT2D eigenvalue weighted by Gasteiger charge is 2.17. The van der Waals surface area contributed by atoms with Crippen LogP contribution in [-0.2, 0) is 10.0 Å². The monoisotopic (exact) mass is 376 g/mol. The topological polar surface area (TPSA) is 117 Å². The van der Waals surface area contributed by atoms with Crippen LogP contribution in [0.15, 0.2) is 46.2 Å². The van der Waals surface area contributed by atoms with E-state index in [1.807, 2.05) is 0 Å². The van der Waals surface area contributed by atoms with Crippen molar-refractivity contribution in [2.75, 3.05) is 11.3 Å². The average molecular weight is 376 g/mol. The molecule has 0 aliphatic heterocycles. The first-order valence-electron chi connectivity index (χ1n) is 8.18. The van der Waals surface area contributed by atoms with E-state index in [1.165, 1.54) is 18.3 Å². The number of imidazole rings is 1. The summed E-state index contributed by atoms with van der Waals surface area (Å²) < 4.78 is 33.1. The Kier molecular flexibility index (Phi) is 4.99. The van der Waals surface area contributed by atoms with E-state index in [1.54, 1.807) is 18.2 Å². The SMILES string of the molecule is CC(C)CCOc1ccc(S(=O)(=O)Nc2nccc3[nH]c(=O)[nH]c23)cc1. The van der Waals surface area contributed by atoms with Crippen molar-refractivity contribution >= 4 is 26.9 Å². The van der Waals surface area contributed by atoms with Gasteiger partial charge in [0, 0.05) is 6.20 Å². The Morgan fingerprint density at radius 3 is 2.58 bits per heavy atom. The third-order valence-corrected chi connectivity index (χ3v) is 5.12. The van der Waals surface area contributed by atoms with Crippen molar-refractivity contribution < 1.29 is 13.2 Å². The van der Waals surface area contributed by atoms with Gasteiger partial charge in [0.15, 0.2) is 5.82 Å². The number of sulfonamides is 1. The van der Waals surface area contributed by atoms with Crippen LogP contribution in [0.4, 0.5) is 5.82 Å². The van der Waals surface area contributed by atoms with E-state index in [0.29, 0.717) is 29.3 Å². The maximum atomic E-state index is 12.6. The Bertz CT molecular complexity index is 1050. The second-order valence-corrected chi connectivity index (χ2v) is 7.95. The van der Waals surface area contributed by atoms with E-state index >= 15 is 0 Å². The molecular weight excluding hydrogens is 356 g/mol. The zero-order chi connectivity index (χ0) is 18.7. The number of hydrogen-bond donors (Lipinski definition) is 3. The van der Waals surface area contributed by atoms with E-state index in [2.05, 4.69) is 33.5 Å². The number of H-pyrrole nitrogens is 2. The van der Waals surface area contributed by atoms with Crippen LogP contribution in [0.2, 0.25) is 0 Å². The molecule has 0 unspecified atom stereocenters. The largest absolute Gasteiger partial charge is 0.494 e. The average Bonchev–Trinajstić information content (AvgIpc) is 2.96. The fourth-order valence-corrected chi connectivity index (χ4v) is 3.37. The van der Waals surface area contributed by atoms with Gasteiger partial charge in [-0.25, -0.2) is 18.2 Å². The molecule has 0 radical (unpaired) electrons. The maximum absolute atomic E-state index is 12.6. The summed E-state index contributed by atoms with van der Waals surface area (Å²) in [7, 11) is -3.85. The molecule has 0 atom stereocenters. The number of aromatic nitrogens is 3. The number of ether oxygens (including phenoxy) is 1. The molecule has 3 N–H and O–H groups in total. The Hall–Kier alpha value is -2.81. The molecule has 8 nitrogen and oxygen atoms in total. The molecule has 2 aromatic heterocycles. The first-order chi connectivity index (χ1) is 12.3. The molecule has 0 amide bonds. The van der Waals surface area contributed by atoms with Crippen LogP contribution in [0.3, 0.4) is 0 Å². The van der Waals surface area contributed by atoms with E-state index in [9.17, 15) is 13.2 Å². The van der Waals surface area contributed by atoms with Gasteiger partial charge in [-0.05, 0) is 42.7 Å². The number of pyridine rings is 1. The number of nitrogens with zero attached hydrogens (tertiary/aromatic N) is 1. The summed E-state index contributed by atoms with van der Waals surface area (Å²) >= 11 is 0. The number of benzene rings is 1. The summed E-state index contributed by atoms with van der Waals surface area (Å²) in [5.41, 5.74) is 0.336. The minimum atomic E-state index is -3.85. The maximum Gasteiger partial charge on any atom is 0.323 e. The van der Waals surface area contributed by atoms with Crippen molar-refractivity contribution in [2.24, 2.45) is 5.92 Å². The Morgan fingerprint density at radius 1 is 1.15 bits per heavy atom. The highest BCUT2D eigenvalue weighted by Crippen LogP contribution is 2.21. The number of fused-ring (bicyclic) bond motifs is 1. The molecule has 1 aromatic carbocycles. The summed E-state index contributed by atoms with van der Waals surface area (Å²) in [6.45, 7) is 4.79. The van der Waals surface area contributed by atoms with Gasteiger partial charge < -0.3 is 14.7 Å². The van der Waals surface area contributed by atoms with Crippen LogP contribution < -0.4 is 15.1 Å². The van der Waals surface area contributed by atoms with Gasteiger partial charge in [-0.15, -0.1) is 0 Å². The predicted molar refractivity (Wildman–Crippen MR) is 98.9 cm³/mol. The molecule has 3 aromatic rings. The standard InChI is InChI=1S/C17H20N4O4S/c1-11(2)8-10-25-12-3-5-13(6-4-12)26(23,24)21-16-15-14(7-9-18-16)19-17(22)20-15/h3-7,9,11H,8,10H2,1-2H3,(H,18,21)(H2,19,20,22). The molecule has 0 aliphatic carbocycles. The molecule has 0 saturated carbocycles. The second-order valence-electron chi connectivity index (χ2n) is 6.27. The van der Waals surface area contributed by atoms with Crippen molar-refractivity contribution in [2.45, 2.75) is 25.2 Å². The van der Waals surface area contributed by atoms with Crippen LogP contribution in [0, 0.1) is 5.92 Å². The van der Waals surface area contributed by atoms with Crippen molar-refractivity contribution in [1.29, 1.82) is 0 Å². The Balaban J connectivity index is 1.78. The van der Waals surface area contributed by atoms with Crippen molar-refractivity contribution in [3.05, 3.63) is 47.0 Å². The highest BCUT2D eigenvalue weighted by molar-refractivity contribution is 7.92. The molecule has 2 heterocycles. The van der Waals surface area contributed by atoms with Crippen molar-refractivity contribution in [3.63, 3.8) is 0 Å². The van der Waals surface area contributed by atoms with Crippen LogP contribution >= 0.6 is 0 Å². The molecule has 26 heavy (non-hydrogen) atoms. The molecule has 0 bridgehead atoms. The third kappa shape index (κ3) is 4.05. The summed E-state index contributed by atoms with van der Waals surface area (Å²) in [4.78, 5) is 20.6. The van der Waals surface area contributed by atoms with Gasteiger partial charge >= 0.3 is 5.69 Å². The highest BCUT2D eigenvalue weighted by atomic mass is 32.2. The van der Waals surface area contributed by atoms with E-state index in [0.717, 1.165) is 6.42 Å². The van der Waals surface area contributed by atoms with Crippen LogP contribution in [0.5, 0.6) is 5.75 Å². The molecule has 3 rings (SSSR count). The molecule has 0 saturated heterocycles. The van der Waals surface area contributed by atoms with Crippen molar-refractivity contribution in [3.8, 4) is 5.75 Å². The molecule has 0 aliphatic rings. The minimum absolute atomic E-state index is 0.0538. The quantitative estimate of drug-likeness (QED) is 0.586. The minimum Gasteiger partial charge on any atom is -0.494 e. The first-order valence-corrected chi connectivity index (χ1v) is 9.66. The molecule has 138 valence electrons. The molecule has 0 fully saturated rings. The Labute approximate surface area is 150 Å². The first kappa shape index (κ1) is 18.0. The van der Waals surface area contributed by atoms with Crippen LogP contribution in [0.25, 0.3) is 11.0 Å². The fraction of sp³-hybridized carbons (Fsp3) is 0.294. The normalized spacial score (nSPS) is 11.8. The number of rotatable bonds is 7. The lowest BCUT2D eigenvalue weighted by atomic mass is 10.1. The Morgan fingerprint density at radius 2 is 1.88 bits per heavy atom. The number of aromatic amines is 2. The van der Waals surface area contributed by atoms with Gasteiger partial charge in [-0.3, -0.25) is 4.72 Å². The van der Waals surface area contributed by atoms with Gasteiger partial charge in [-0.2, -0.15) is 0 Å². The number of nitrogens with one attached hydrogen (secondary N) is 3. The zero-order valence-electron chi connectivity index (χ0n) is 14.4.